The van der Waals surface area contributed by atoms with Crippen molar-refractivity contribution >= 4 is 35.3 Å². The number of aromatic nitrogens is 3. The highest BCUT2D eigenvalue weighted by molar-refractivity contribution is 7.99. The number of rotatable bonds is 4. The Morgan fingerprint density at radius 1 is 1.33 bits per heavy atom. The summed E-state index contributed by atoms with van der Waals surface area (Å²) < 4.78 is 1.76. The van der Waals surface area contributed by atoms with Gasteiger partial charge in [0.25, 0.3) is 0 Å². The van der Waals surface area contributed by atoms with Crippen LogP contribution in [0, 0.1) is 0 Å². The number of benzene rings is 1. The molecule has 0 aliphatic carbocycles. The molecule has 1 heterocycles. The summed E-state index contributed by atoms with van der Waals surface area (Å²) in [5.74, 6) is 0.197. The van der Waals surface area contributed by atoms with Crippen LogP contribution >= 0.6 is 23.4 Å². The minimum atomic E-state index is -0.875. The van der Waals surface area contributed by atoms with Gasteiger partial charge in [0.05, 0.1) is 5.75 Å². The SMILES string of the molecule is Cn1c(SCC(=O)NC(N)=O)nnc1-c1ccc(Cl)cc1. The van der Waals surface area contributed by atoms with E-state index in [1.54, 1.807) is 23.7 Å². The molecule has 3 amide bonds. The molecule has 0 saturated heterocycles. The number of hydrogen-bond donors (Lipinski definition) is 2. The van der Waals surface area contributed by atoms with Gasteiger partial charge in [0, 0.05) is 17.6 Å². The lowest BCUT2D eigenvalue weighted by atomic mass is 10.2. The van der Waals surface area contributed by atoms with Gasteiger partial charge in [-0.3, -0.25) is 10.1 Å². The Bertz CT molecular complexity index is 671. The molecule has 0 bridgehead atoms. The second kappa shape index (κ2) is 6.59. The zero-order valence-corrected chi connectivity index (χ0v) is 12.6. The highest BCUT2D eigenvalue weighted by Crippen LogP contribution is 2.23. The van der Waals surface area contributed by atoms with E-state index in [-0.39, 0.29) is 5.75 Å². The molecule has 1 aromatic heterocycles. The molecule has 21 heavy (non-hydrogen) atoms. The highest BCUT2D eigenvalue weighted by atomic mass is 35.5. The summed E-state index contributed by atoms with van der Waals surface area (Å²) in [4.78, 5) is 21.9. The maximum absolute atomic E-state index is 11.3. The van der Waals surface area contributed by atoms with Crippen molar-refractivity contribution in [2.45, 2.75) is 5.16 Å². The molecular weight excluding hydrogens is 314 g/mol. The third kappa shape index (κ3) is 3.96. The van der Waals surface area contributed by atoms with Crippen LogP contribution in [0.15, 0.2) is 29.4 Å². The van der Waals surface area contributed by atoms with Crippen LogP contribution in [0.3, 0.4) is 0 Å². The summed E-state index contributed by atoms with van der Waals surface area (Å²) in [5, 5.41) is 11.3. The first-order valence-electron chi connectivity index (χ1n) is 5.85. The van der Waals surface area contributed by atoms with Crippen LogP contribution < -0.4 is 11.1 Å². The number of nitrogens with two attached hydrogens (primary N) is 1. The minimum absolute atomic E-state index is 0.0233. The average molecular weight is 326 g/mol. The maximum atomic E-state index is 11.3. The van der Waals surface area contributed by atoms with Gasteiger partial charge in [-0.2, -0.15) is 0 Å². The molecule has 2 rings (SSSR count). The van der Waals surface area contributed by atoms with Crippen LogP contribution in [0.1, 0.15) is 0 Å². The number of imide groups is 1. The Morgan fingerprint density at radius 2 is 2.00 bits per heavy atom. The van der Waals surface area contributed by atoms with Crippen molar-refractivity contribution in [3.05, 3.63) is 29.3 Å². The van der Waals surface area contributed by atoms with Crippen molar-refractivity contribution in [1.29, 1.82) is 0 Å². The number of urea groups is 1. The molecule has 0 aliphatic rings. The Hall–Kier alpha value is -2.06. The van der Waals surface area contributed by atoms with E-state index in [2.05, 4.69) is 10.2 Å². The molecule has 7 nitrogen and oxygen atoms in total. The minimum Gasteiger partial charge on any atom is -0.351 e. The molecule has 9 heteroatoms. The van der Waals surface area contributed by atoms with Crippen LogP contribution in [0.2, 0.25) is 5.02 Å². The molecule has 0 saturated carbocycles. The van der Waals surface area contributed by atoms with Crippen LogP contribution in [0.5, 0.6) is 0 Å². The predicted molar refractivity (Wildman–Crippen MR) is 79.9 cm³/mol. The van der Waals surface area contributed by atoms with Crippen LogP contribution in [0.4, 0.5) is 4.79 Å². The average Bonchev–Trinajstić information content (AvgIpc) is 2.78. The molecule has 2 aromatic rings. The first-order chi connectivity index (χ1) is 9.97. The third-order valence-electron chi connectivity index (χ3n) is 2.53. The zero-order chi connectivity index (χ0) is 15.4. The Balaban J connectivity index is 2.08. The third-order valence-corrected chi connectivity index (χ3v) is 3.80. The number of primary amides is 1. The lowest BCUT2D eigenvalue weighted by molar-refractivity contribution is -0.117. The molecule has 3 N–H and O–H groups in total. The van der Waals surface area contributed by atoms with Crippen molar-refractivity contribution < 1.29 is 9.59 Å². The van der Waals surface area contributed by atoms with Gasteiger partial charge in [-0.1, -0.05) is 23.4 Å². The summed E-state index contributed by atoms with van der Waals surface area (Å²) in [6, 6.07) is 6.32. The van der Waals surface area contributed by atoms with Crippen molar-refractivity contribution in [2.75, 3.05) is 5.75 Å². The van der Waals surface area contributed by atoms with Gasteiger partial charge in [-0.25, -0.2) is 4.79 Å². The van der Waals surface area contributed by atoms with Gasteiger partial charge in [-0.05, 0) is 24.3 Å². The van der Waals surface area contributed by atoms with Crippen molar-refractivity contribution in [3.63, 3.8) is 0 Å². The summed E-state index contributed by atoms with van der Waals surface area (Å²) in [7, 11) is 1.79. The summed E-state index contributed by atoms with van der Waals surface area (Å²) in [6.07, 6.45) is 0. The summed E-state index contributed by atoms with van der Waals surface area (Å²) >= 11 is 7.00. The molecule has 110 valence electrons. The van der Waals surface area contributed by atoms with E-state index in [1.807, 2.05) is 17.4 Å². The van der Waals surface area contributed by atoms with E-state index >= 15 is 0 Å². The zero-order valence-electron chi connectivity index (χ0n) is 11.0. The van der Waals surface area contributed by atoms with Gasteiger partial charge in [0.1, 0.15) is 0 Å². The number of hydrogen-bond acceptors (Lipinski definition) is 5. The Morgan fingerprint density at radius 3 is 2.62 bits per heavy atom. The summed E-state index contributed by atoms with van der Waals surface area (Å²) in [5.41, 5.74) is 5.72. The van der Waals surface area contributed by atoms with Crippen LogP contribution in [-0.4, -0.2) is 32.5 Å². The van der Waals surface area contributed by atoms with Gasteiger partial charge < -0.3 is 10.3 Å². The highest BCUT2D eigenvalue weighted by Gasteiger charge is 2.13. The van der Waals surface area contributed by atoms with E-state index in [9.17, 15) is 9.59 Å². The number of nitrogens with one attached hydrogen (secondary N) is 1. The second-order valence-electron chi connectivity index (χ2n) is 4.07. The molecule has 0 spiro atoms. The maximum Gasteiger partial charge on any atom is 0.318 e. The van der Waals surface area contributed by atoms with E-state index in [1.165, 1.54) is 0 Å². The molecule has 1 aromatic carbocycles. The van der Waals surface area contributed by atoms with E-state index < -0.39 is 11.9 Å². The fourth-order valence-corrected chi connectivity index (χ4v) is 2.43. The molecule has 0 unspecified atom stereocenters. The van der Waals surface area contributed by atoms with Crippen molar-refractivity contribution in [2.24, 2.45) is 12.8 Å². The molecule has 0 aliphatic heterocycles. The van der Waals surface area contributed by atoms with E-state index in [4.69, 9.17) is 17.3 Å². The smallest absolute Gasteiger partial charge is 0.318 e. The van der Waals surface area contributed by atoms with Crippen molar-refractivity contribution in [3.8, 4) is 11.4 Å². The Kier molecular flexibility index (Phi) is 4.81. The van der Waals surface area contributed by atoms with E-state index in [0.717, 1.165) is 17.3 Å². The first kappa shape index (κ1) is 15.3. The number of halogens is 1. The number of amides is 3. The number of carbonyl (C=O) groups excluding carboxylic acids is 2. The number of nitrogens with zero attached hydrogens (tertiary/aromatic N) is 3. The first-order valence-corrected chi connectivity index (χ1v) is 7.21. The molecule has 0 radical (unpaired) electrons. The standard InChI is InChI=1S/C12H12ClN5O2S/c1-18-10(7-2-4-8(13)5-3-7)16-17-12(18)21-6-9(19)15-11(14)20/h2-5H,6H2,1H3,(H3,14,15,19,20). The Labute approximate surface area is 129 Å². The number of carbonyl (C=O) groups is 2. The number of thioether (sulfide) groups is 1. The molecular formula is C12H12ClN5O2S. The van der Waals surface area contributed by atoms with Crippen LogP contribution in [-0.2, 0) is 11.8 Å². The quantitative estimate of drug-likeness (QED) is 0.828. The predicted octanol–water partition coefficient (Wildman–Crippen LogP) is 1.42. The second-order valence-corrected chi connectivity index (χ2v) is 5.45. The van der Waals surface area contributed by atoms with Gasteiger partial charge in [0.2, 0.25) is 5.91 Å². The normalized spacial score (nSPS) is 10.4. The monoisotopic (exact) mass is 325 g/mol. The van der Waals surface area contributed by atoms with Gasteiger partial charge in [-0.15, -0.1) is 10.2 Å². The lowest BCUT2D eigenvalue weighted by Crippen LogP contribution is -2.36. The topological polar surface area (TPSA) is 103 Å². The van der Waals surface area contributed by atoms with Gasteiger partial charge in [0.15, 0.2) is 11.0 Å². The van der Waals surface area contributed by atoms with E-state index in [0.29, 0.717) is 16.0 Å². The summed E-state index contributed by atoms with van der Waals surface area (Å²) in [6.45, 7) is 0. The lowest BCUT2D eigenvalue weighted by Gasteiger charge is -2.04. The fraction of sp³-hybridized carbons (Fsp3) is 0.167. The largest absolute Gasteiger partial charge is 0.351 e. The van der Waals surface area contributed by atoms with Crippen LogP contribution in [0.25, 0.3) is 11.4 Å². The molecule has 0 fully saturated rings. The van der Waals surface area contributed by atoms with Gasteiger partial charge >= 0.3 is 6.03 Å². The fourth-order valence-electron chi connectivity index (χ4n) is 1.59. The molecule has 0 atom stereocenters. The van der Waals surface area contributed by atoms with Crippen molar-refractivity contribution in [1.82, 2.24) is 20.1 Å².